The third kappa shape index (κ3) is 6.45. The zero-order valence-corrected chi connectivity index (χ0v) is 14.7. The van der Waals surface area contributed by atoms with Crippen LogP contribution in [-0.4, -0.2) is 24.2 Å². The van der Waals surface area contributed by atoms with Crippen molar-refractivity contribution in [3.8, 4) is 0 Å². The Hall–Kier alpha value is -0.280. The van der Waals surface area contributed by atoms with Gasteiger partial charge in [-0.1, -0.05) is 50.7 Å². The molecule has 0 N–H and O–H groups in total. The maximum atomic E-state index is 11.1. The van der Waals surface area contributed by atoms with E-state index in [4.69, 9.17) is 4.74 Å². The first-order valence-corrected chi connectivity index (χ1v) is 9.85. The highest BCUT2D eigenvalue weighted by Crippen LogP contribution is 2.40. The fourth-order valence-corrected chi connectivity index (χ4v) is 3.88. The second-order valence-electron chi connectivity index (χ2n) is 6.96. The number of rotatable bonds is 13. The number of unbranched alkanes of at least 4 members (excludes halogenated alkanes) is 7. The van der Waals surface area contributed by atoms with E-state index in [-0.39, 0.29) is 5.78 Å². The van der Waals surface area contributed by atoms with Gasteiger partial charge in [-0.05, 0) is 31.6 Å². The number of hydrogen-bond acceptors (Lipinski definition) is 3. The van der Waals surface area contributed by atoms with E-state index < -0.39 is 0 Å². The molecule has 3 heteroatoms. The predicted octanol–water partition coefficient (Wildman–Crippen LogP) is 4.98. The molecule has 22 heavy (non-hydrogen) atoms. The SMILES string of the molecule is O=C(CS)CCCCCCCCCCOC1CC2C=CC1C2. The molecule has 2 aliphatic carbocycles. The molecule has 2 rings (SSSR count). The topological polar surface area (TPSA) is 26.3 Å². The van der Waals surface area contributed by atoms with Crippen molar-refractivity contribution in [2.45, 2.75) is 76.7 Å². The van der Waals surface area contributed by atoms with Gasteiger partial charge in [-0.2, -0.15) is 12.6 Å². The van der Waals surface area contributed by atoms with Crippen LogP contribution < -0.4 is 0 Å². The molecule has 126 valence electrons. The Morgan fingerprint density at radius 2 is 1.64 bits per heavy atom. The summed E-state index contributed by atoms with van der Waals surface area (Å²) in [7, 11) is 0. The van der Waals surface area contributed by atoms with E-state index in [9.17, 15) is 4.79 Å². The maximum absolute atomic E-state index is 11.1. The first-order valence-electron chi connectivity index (χ1n) is 9.22. The maximum Gasteiger partial charge on any atom is 0.142 e. The number of hydrogen-bond donors (Lipinski definition) is 1. The molecule has 1 fully saturated rings. The Morgan fingerprint density at radius 3 is 2.23 bits per heavy atom. The molecule has 2 aliphatic rings. The molecule has 0 spiro atoms. The van der Waals surface area contributed by atoms with Gasteiger partial charge in [-0.15, -0.1) is 0 Å². The van der Waals surface area contributed by atoms with Gasteiger partial charge in [0.2, 0.25) is 0 Å². The molecule has 2 nitrogen and oxygen atoms in total. The molecule has 1 saturated carbocycles. The number of ketones is 1. The lowest BCUT2D eigenvalue weighted by atomic mass is 10.0. The number of allylic oxidation sites excluding steroid dienone is 1. The summed E-state index contributed by atoms with van der Waals surface area (Å²) in [4.78, 5) is 11.1. The fourth-order valence-electron chi connectivity index (χ4n) is 3.72. The van der Waals surface area contributed by atoms with Crippen LogP contribution in [0.5, 0.6) is 0 Å². The van der Waals surface area contributed by atoms with Gasteiger partial charge in [0.05, 0.1) is 6.10 Å². The van der Waals surface area contributed by atoms with E-state index in [0.29, 0.717) is 11.9 Å². The molecular weight excluding hydrogens is 292 g/mol. The number of thiol groups is 1. The number of carbonyl (C=O) groups excluding carboxylic acids is 1. The van der Waals surface area contributed by atoms with Crippen LogP contribution in [0, 0.1) is 11.8 Å². The van der Waals surface area contributed by atoms with Crippen molar-refractivity contribution in [2.75, 3.05) is 12.4 Å². The number of Topliss-reactive ketones (excluding diaryl/α,β-unsaturated/α-hetero) is 1. The average molecular weight is 325 g/mol. The van der Waals surface area contributed by atoms with E-state index in [0.717, 1.165) is 31.3 Å². The van der Waals surface area contributed by atoms with E-state index in [1.165, 1.54) is 57.8 Å². The van der Waals surface area contributed by atoms with E-state index in [1.54, 1.807) is 0 Å². The Bertz CT molecular complexity index is 353. The highest BCUT2D eigenvalue weighted by Gasteiger charge is 2.35. The first kappa shape index (κ1) is 18.1. The summed E-state index contributed by atoms with van der Waals surface area (Å²) in [5, 5.41) is 0. The summed E-state index contributed by atoms with van der Waals surface area (Å²) in [6.45, 7) is 0.952. The molecule has 0 radical (unpaired) electrons. The standard InChI is InChI=1S/C19H32O2S/c20-18(15-22)9-7-5-3-1-2-4-6-8-12-21-19-14-16-10-11-17(19)13-16/h10-11,16-17,19,22H,1-9,12-15H2. The zero-order chi connectivity index (χ0) is 15.6. The van der Waals surface area contributed by atoms with E-state index in [2.05, 4.69) is 24.8 Å². The third-order valence-corrected chi connectivity index (χ3v) is 5.43. The molecule has 3 unspecified atom stereocenters. The zero-order valence-electron chi connectivity index (χ0n) is 13.8. The summed E-state index contributed by atoms with van der Waals surface area (Å²) in [5.74, 6) is 2.23. The van der Waals surface area contributed by atoms with Gasteiger partial charge in [0, 0.05) is 24.7 Å². The summed E-state index contributed by atoms with van der Waals surface area (Å²) in [5.41, 5.74) is 0. The van der Waals surface area contributed by atoms with Gasteiger partial charge < -0.3 is 4.74 Å². The average Bonchev–Trinajstić information content (AvgIpc) is 3.15. The van der Waals surface area contributed by atoms with Crippen LogP contribution in [0.15, 0.2) is 12.2 Å². The van der Waals surface area contributed by atoms with Crippen LogP contribution in [0.25, 0.3) is 0 Å². The van der Waals surface area contributed by atoms with Crippen molar-refractivity contribution < 1.29 is 9.53 Å². The molecule has 0 aromatic carbocycles. The number of fused-ring (bicyclic) bond motifs is 2. The van der Waals surface area contributed by atoms with Crippen LogP contribution in [0.1, 0.15) is 70.6 Å². The van der Waals surface area contributed by atoms with Gasteiger partial charge in [0.15, 0.2) is 0 Å². The lowest BCUT2D eigenvalue weighted by Gasteiger charge is -2.18. The Morgan fingerprint density at radius 1 is 0.955 bits per heavy atom. The number of ether oxygens (including phenoxy) is 1. The van der Waals surface area contributed by atoms with Crippen LogP contribution in [-0.2, 0) is 9.53 Å². The highest BCUT2D eigenvalue weighted by atomic mass is 32.1. The fraction of sp³-hybridized carbons (Fsp3) is 0.842. The summed E-state index contributed by atoms with van der Waals surface area (Å²) < 4.78 is 6.04. The first-order chi connectivity index (χ1) is 10.8. The van der Waals surface area contributed by atoms with Gasteiger partial charge in [0.1, 0.15) is 5.78 Å². The van der Waals surface area contributed by atoms with Gasteiger partial charge in [-0.3, -0.25) is 4.79 Å². The van der Waals surface area contributed by atoms with Gasteiger partial charge >= 0.3 is 0 Å². The van der Waals surface area contributed by atoms with Gasteiger partial charge in [-0.25, -0.2) is 0 Å². The highest BCUT2D eigenvalue weighted by molar-refractivity contribution is 7.81. The molecule has 2 bridgehead atoms. The quantitative estimate of drug-likeness (QED) is 0.294. The monoisotopic (exact) mass is 324 g/mol. The summed E-state index contributed by atoms with van der Waals surface area (Å²) in [6.07, 6.45) is 18.6. The van der Waals surface area contributed by atoms with Crippen molar-refractivity contribution in [1.82, 2.24) is 0 Å². The normalized spacial score (nSPS) is 26.0. The minimum Gasteiger partial charge on any atom is -0.378 e. The second-order valence-corrected chi connectivity index (χ2v) is 7.28. The van der Waals surface area contributed by atoms with Crippen molar-refractivity contribution in [1.29, 1.82) is 0 Å². The van der Waals surface area contributed by atoms with Crippen molar-refractivity contribution >= 4 is 18.4 Å². The van der Waals surface area contributed by atoms with Crippen LogP contribution >= 0.6 is 12.6 Å². The molecule has 0 aromatic heterocycles. The lowest BCUT2D eigenvalue weighted by molar-refractivity contribution is -0.116. The van der Waals surface area contributed by atoms with Crippen LogP contribution in [0.2, 0.25) is 0 Å². The van der Waals surface area contributed by atoms with Gasteiger partial charge in [0.25, 0.3) is 0 Å². The minimum atomic E-state index is 0.286. The minimum absolute atomic E-state index is 0.286. The van der Waals surface area contributed by atoms with Crippen molar-refractivity contribution in [2.24, 2.45) is 11.8 Å². The molecule has 0 aliphatic heterocycles. The smallest absolute Gasteiger partial charge is 0.142 e. The molecule has 0 saturated heterocycles. The van der Waals surface area contributed by atoms with Crippen LogP contribution in [0.4, 0.5) is 0 Å². The van der Waals surface area contributed by atoms with E-state index >= 15 is 0 Å². The molecule has 0 amide bonds. The summed E-state index contributed by atoms with van der Waals surface area (Å²) in [6, 6.07) is 0. The molecule has 0 heterocycles. The third-order valence-electron chi connectivity index (χ3n) is 5.08. The van der Waals surface area contributed by atoms with Crippen molar-refractivity contribution in [3.63, 3.8) is 0 Å². The Kier molecular flexibility index (Phi) is 8.61. The molecular formula is C19H32O2S. The summed E-state index contributed by atoms with van der Waals surface area (Å²) >= 11 is 3.99. The molecule has 0 aromatic rings. The largest absolute Gasteiger partial charge is 0.378 e. The Balaban J connectivity index is 1.31. The number of carbonyl (C=O) groups is 1. The van der Waals surface area contributed by atoms with Crippen molar-refractivity contribution in [3.05, 3.63) is 12.2 Å². The predicted molar refractivity (Wildman–Crippen MR) is 95.5 cm³/mol. The Labute approximate surface area is 141 Å². The molecule has 3 atom stereocenters. The van der Waals surface area contributed by atoms with E-state index in [1.807, 2.05) is 0 Å². The van der Waals surface area contributed by atoms with Crippen LogP contribution in [0.3, 0.4) is 0 Å². The lowest BCUT2D eigenvalue weighted by Crippen LogP contribution is -2.18. The second kappa shape index (κ2) is 10.5.